The van der Waals surface area contributed by atoms with Crippen molar-refractivity contribution in [2.45, 2.75) is 58.5 Å². The van der Waals surface area contributed by atoms with Gasteiger partial charge in [0.15, 0.2) is 0 Å². The van der Waals surface area contributed by atoms with Crippen molar-refractivity contribution >= 4 is 19.7 Å². The molecule has 0 bridgehead atoms. The second kappa shape index (κ2) is 15.1. The van der Waals surface area contributed by atoms with Gasteiger partial charge in [0.05, 0.1) is 10.0 Å². The van der Waals surface area contributed by atoms with Gasteiger partial charge in [-0.05, 0) is 24.7 Å². The van der Waals surface area contributed by atoms with Crippen LogP contribution in [-0.2, 0) is 27.3 Å². The molecule has 2 rings (SSSR count). The van der Waals surface area contributed by atoms with Crippen LogP contribution in [0.5, 0.6) is 0 Å². The summed E-state index contributed by atoms with van der Waals surface area (Å²) in [6.45, 7) is 6.20. The Hall–Kier alpha value is -0.777. The zero-order chi connectivity index (χ0) is 22.6. The van der Waals surface area contributed by atoms with E-state index < -0.39 is 22.1 Å². The number of benzene rings is 2. The second-order valence-corrected chi connectivity index (χ2v) is 9.20. The molecule has 0 amide bonds. The maximum atomic E-state index is 13.1. The molecule has 0 saturated heterocycles. The summed E-state index contributed by atoms with van der Waals surface area (Å²) in [5.41, 5.74) is 10.0. The van der Waals surface area contributed by atoms with E-state index in [2.05, 4.69) is 35.2 Å². The van der Waals surface area contributed by atoms with Gasteiger partial charge in [-0.3, -0.25) is 0 Å². The summed E-state index contributed by atoms with van der Waals surface area (Å²) in [5, 5.41) is 0. The molecule has 1 N–H and O–H groups in total. The summed E-state index contributed by atoms with van der Waals surface area (Å²) >= 11 is 1.82. The molecule has 2 atom stereocenters. The SMILES string of the molecule is CCCC(CC)(CC)CS(=O)(=O)[N-]C(c1ccccc1)C([NH-])c1ccccc1.[CH3-].[Cl][Ru+3]. The first kappa shape index (κ1) is 30.2. The summed E-state index contributed by atoms with van der Waals surface area (Å²) in [7, 11) is 0.888. The van der Waals surface area contributed by atoms with Gasteiger partial charge < -0.3 is 17.9 Å². The van der Waals surface area contributed by atoms with E-state index in [4.69, 9.17) is 5.73 Å². The minimum atomic E-state index is -3.68. The number of nitrogens with one attached hydrogen (secondary N) is 1. The Bertz CT molecular complexity index is 816. The molecule has 7 heteroatoms. The zero-order valence-corrected chi connectivity index (χ0v) is 22.2. The Morgan fingerprint density at radius 2 is 1.39 bits per heavy atom. The summed E-state index contributed by atoms with van der Waals surface area (Å²) in [5.74, 6) is 0.0473. The average Bonchev–Trinajstić information content (AvgIpc) is 2.79. The monoisotopic (exact) mass is 552 g/mol. The van der Waals surface area contributed by atoms with Crippen LogP contribution in [-0.4, -0.2) is 14.2 Å². The number of nitrogens with zero attached hydrogens (tertiary/aromatic N) is 1. The average molecular weight is 552 g/mol. The number of sulfonamides is 1. The molecule has 2 unspecified atom stereocenters. The molecule has 0 heterocycles. The first-order chi connectivity index (χ1) is 14.4. The molecule has 0 saturated carbocycles. The van der Waals surface area contributed by atoms with E-state index in [9.17, 15) is 8.42 Å². The van der Waals surface area contributed by atoms with Gasteiger partial charge in [0.25, 0.3) is 0 Å². The van der Waals surface area contributed by atoms with E-state index in [0.717, 1.165) is 36.8 Å². The quantitative estimate of drug-likeness (QED) is 0.210. The molecule has 174 valence electrons. The van der Waals surface area contributed by atoms with Crippen LogP contribution in [0.15, 0.2) is 60.7 Å². The van der Waals surface area contributed by atoms with Crippen LogP contribution >= 0.6 is 9.69 Å². The van der Waals surface area contributed by atoms with E-state index in [1.165, 1.54) is 0 Å². The van der Waals surface area contributed by atoms with Crippen LogP contribution in [0.25, 0.3) is 10.5 Å². The Balaban J connectivity index is 0.00000291. The Kier molecular flexibility index (Phi) is 14.8. The molecule has 0 aliphatic heterocycles. The third kappa shape index (κ3) is 9.31. The molecule has 2 aromatic rings. The van der Waals surface area contributed by atoms with Gasteiger partial charge in [0, 0.05) is 5.75 Å². The van der Waals surface area contributed by atoms with E-state index in [1.807, 2.05) is 78.0 Å². The minimum absolute atomic E-state index is 0. The molecule has 0 aliphatic rings. The van der Waals surface area contributed by atoms with Gasteiger partial charge in [-0.1, -0.05) is 99.0 Å². The van der Waals surface area contributed by atoms with Crippen LogP contribution in [0.4, 0.5) is 0 Å². The van der Waals surface area contributed by atoms with E-state index >= 15 is 0 Å². The van der Waals surface area contributed by atoms with Crippen molar-refractivity contribution in [3.05, 3.63) is 89.7 Å². The normalized spacial score (nSPS) is 13.3. The van der Waals surface area contributed by atoms with E-state index in [0.29, 0.717) is 0 Å². The van der Waals surface area contributed by atoms with Crippen molar-refractivity contribution in [2.75, 3.05) is 5.75 Å². The van der Waals surface area contributed by atoms with Gasteiger partial charge in [-0.2, -0.15) is 0 Å². The van der Waals surface area contributed by atoms with Crippen LogP contribution in [0, 0.1) is 12.8 Å². The first-order valence-corrected chi connectivity index (χ1v) is 14.1. The molecule has 31 heavy (non-hydrogen) atoms. The number of halogens is 1. The van der Waals surface area contributed by atoms with Crippen LogP contribution in [0.2, 0.25) is 0 Å². The first-order valence-electron chi connectivity index (χ1n) is 10.3. The summed E-state index contributed by atoms with van der Waals surface area (Å²) < 4.78 is 30.5. The van der Waals surface area contributed by atoms with Crippen molar-refractivity contribution < 1.29 is 25.7 Å². The predicted octanol–water partition coefficient (Wildman–Crippen LogP) is 7.97. The molecule has 0 aromatic heterocycles. The van der Waals surface area contributed by atoms with Gasteiger partial charge in [0.1, 0.15) is 0 Å². The molecule has 0 spiro atoms. The van der Waals surface area contributed by atoms with Crippen LogP contribution in [0.3, 0.4) is 0 Å². The second-order valence-electron chi connectivity index (χ2n) is 7.53. The maximum absolute atomic E-state index is 13.1. The zero-order valence-electron chi connectivity index (χ0n) is 18.9. The predicted molar refractivity (Wildman–Crippen MR) is 130 cm³/mol. The number of hydrogen-bond acceptors (Lipinski definition) is 2. The standard InChI is InChI=1S/C23H32N2O2S.CH3.ClH.Ru/c1-4-17-23(5-2,6-3)18-28(26,27)25-22(20-15-11-8-12-16-20)21(24)19-13-9-7-10-14-19;;;/h7-16,21-22,24H,4-6,17-18H2,1-3H3;1H3;1H;/q-2;-1;;+4/p-1. The Morgan fingerprint density at radius 3 is 1.81 bits per heavy atom. The third-order valence-corrected chi connectivity index (χ3v) is 7.18. The summed E-state index contributed by atoms with van der Waals surface area (Å²) in [4.78, 5) is 0. The molecular weight excluding hydrogens is 517 g/mol. The van der Waals surface area contributed by atoms with Crippen molar-refractivity contribution in [3.63, 3.8) is 0 Å². The van der Waals surface area contributed by atoms with Gasteiger partial charge in [0.2, 0.25) is 0 Å². The van der Waals surface area contributed by atoms with Crippen LogP contribution in [0.1, 0.15) is 69.7 Å². The summed E-state index contributed by atoms with van der Waals surface area (Å²) in [6.07, 6.45) is 3.44. The van der Waals surface area contributed by atoms with Crippen molar-refractivity contribution in [1.29, 1.82) is 0 Å². The fraction of sp³-hybridized carbons (Fsp3) is 0.458. The van der Waals surface area contributed by atoms with Gasteiger partial charge in [-0.15, -0.1) is 12.1 Å². The molecule has 0 fully saturated rings. The van der Waals surface area contributed by atoms with Gasteiger partial charge in [-0.25, -0.2) is 8.42 Å². The summed E-state index contributed by atoms with van der Waals surface area (Å²) in [6, 6.07) is 17.1. The molecule has 0 radical (unpaired) electrons. The molecular formula is C24H35ClN2O2RuS. The topological polar surface area (TPSA) is 72.0 Å². The van der Waals surface area contributed by atoms with Crippen molar-refractivity contribution in [3.8, 4) is 0 Å². The third-order valence-electron chi connectivity index (χ3n) is 5.66. The fourth-order valence-electron chi connectivity index (χ4n) is 3.81. The fourth-order valence-corrected chi connectivity index (χ4v) is 5.80. The number of hydrogen-bond donors (Lipinski definition) is 0. The van der Waals surface area contributed by atoms with Crippen molar-refractivity contribution in [1.82, 2.24) is 0 Å². The number of rotatable bonds is 11. The van der Waals surface area contributed by atoms with E-state index in [1.54, 1.807) is 0 Å². The Morgan fingerprint density at radius 1 is 0.935 bits per heavy atom. The Labute approximate surface area is 204 Å². The molecule has 0 aliphatic carbocycles. The molecule has 2 aromatic carbocycles. The van der Waals surface area contributed by atoms with Crippen molar-refractivity contribution in [2.24, 2.45) is 5.41 Å². The van der Waals surface area contributed by atoms with Crippen LogP contribution < -0.4 is 0 Å². The van der Waals surface area contributed by atoms with Gasteiger partial charge >= 0.3 is 27.0 Å². The van der Waals surface area contributed by atoms with E-state index in [-0.39, 0.29) is 18.6 Å². The molecule has 4 nitrogen and oxygen atoms in total.